The van der Waals surface area contributed by atoms with Gasteiger partial charge >= 0.3 is 0 Å². The van der Waals surface area contributed by atoms with Crippen molar-refractivity contribution in [2.24, 2.45) is 0 Å². The highest BCUT2D eigenvalue weighted by atomic mass is 35.5. The second kappa shape index (κ2) is 8.99. The summed E-state index contributed by atoms with van der Waals surface area (Å²) in [6.45, 7) is 1.75. The summed E-state index contributed by atoms with van der Waals surface area (Å²) < 4.78 is 13.1. The lowest BCUT2D eigenvalue weighted by molar-refractivity contribution is 0.576. The van der Waals surface area contributed by atoms with Crippen molar-refractivity contribution in [3.05, 3.63) is 107 Å². The van der Waals surface area contributed by atoms with E-state index in [0.717, 1.165) is 28.1 Å². The molecule has 0 fully saturated rings. The average Bonchev–Trinajstić information content (AvgIpc) is 3.14. The van der Waals surface area contributed by atoms with Gasteiger partial charge in [0.15, 0.2) is 0 Å². The summed E-state index contributed by atoms with van der Waals surface area (Å²) in [5, 5.41) is 13.5. The van der Waals surface area contributed by atoms with E-state index in [9.17, 15) is 4.39 Å². The van der Waals surface area contributed by atoms with Crippen LogP contribution in [0.1, 0.15) is 16.8 Å². The van der Waals surface area contributed by atoms with Crippen LogP contribution in [-0.4, -0.2) is 15.0 Å². The van der Waals surface area contributed by atoms with E-state index < -0.39 is 0 Å². The summed E-state index contributed by atoms with van der Waals surface area (Å²) in [4.78, 5) is 1.71. The molecule has 0 amide bonds. The van der Waals surface area contributed by atoms with E-state index in [1.807, 2.05) is 54.6 Å². The molecule has 0 aliphatic heterocycles. The van der Waals surface area contributed by atoms with E-state index in [-0.39, 0.29) is 5.82 Å². The Morgan fingerprint density at radius 2 is 1.48 bits per heavy atom. The Bertz CT molecular complexity index is 1060. The molecule has 0 saturated heterocycles. The fraction of sp³-hybridized carbons (Fsp3) is 0.130. The van der Waals surface area contributed by atoms with Gasteiger partial charge in [0.05, 0.1) is 6.54 Å². The van der Waals surface area contributed by atoms with E-state index >= 15 is 0 Å². The fourth-order valence-corrected chi connectivity index (χ4v) is 3.20. The van der Waals surface area contributed by atoms with Gasteiger partial charge in [-0.15, -0.1) is 0 Å². The molecule has 1 N–H and O–H groups in total. The molecular weight excluding hydrogens is 387 g/mol. The summed E-state index contributed by atoms with van der Waals surface area (Å²) >= 11 is 5.97. The van der Waals surface area contributed by atoms with Crippen molar-refractivity contribution in [3.8, 4) is 11.3 Å². The number of benzene rings is 3. The van der Waals surface area contributed by atoms with Gasteiger partial charge in [-0.25, -0.2) is 4.39 Å². The first-order valence-electron chi connectivity index (χ1n) is 9.36. The normalized spacial score (nSPS) is 11.0. The predicted octanol–water partition coefficient (Wildman–Crippen LogP) is 5.08. The first kappa shape index (κ1) is 19.3. The SMILES string of the molecule is Fc1ccc(CNCc2nn(Cc3ccc(Cl)cc3)nc2-c2ccccc2)cc1. The third kappa shape index (κ3) is 5.08. The van der Waals surface area contributed by atoms with Gasteiger partial charge in [-0.2, -0.15) is 15.0 Å². The summed E-state index contributed by atoms with van der Waals surface area (Å²) in [6, 6.07) is 24.2. The Labute approximate surface area is 174 Å². The molecule has 1 aromatic heterocycles. The summed E-state index contributed by atoms with van der Waals surface area (Å²) in [5.74, 6) is -0.231. The average molecular weight is 407 g/mol. The molecule has 29 heavy (non-hydrogen) atoms. The second-order valence-electron chi connectivity index (χ2n) is 6.75. The van der Waals surface area contributed by atoms with Crippen molar-refractivity contribution >= 4 is 11.6 Å². The van der Waals surface area contributed by atoms with Crippen LogP contribution >= 0.6 is 11.6 Å². The Balaban J connectivity index is 1.53. The van der Waals surface area contributed by atoms with Crippen LogP contribution in [0.4, 0.5) is 4.39 Å². The molecule has 0 bridgehead atoms. The minimum atomic E-state index is -0.231. The van der Waals surface area contributed by atoms with E-state index in [1.54, 1.807) is 16.9 Å². The van der Waals surface area contributed by atoms with Gasteiger partial charge in [0, 0.05) is 23.7 Å². The van der Waals surface area contributed by atoms with Crippen molar-refractivity contribution in [2.75, 3.05) is 0 Å². The third-order valence-electron chi connectivity index (χ3n) is 4.54. The molecule has 0 atom stereocenters. The van der Waals surface area contributed by atoms with E-state index in [0.29, 0.717) is 24.7 Å². The third-order valence-corrected chi connectivity index (χ3v) is 4.80. The van der Waals surface area contributed by atoms with Crippen LogP contribution in [0.3, 0.4) is 0 Å². The number of hydrogen-bond donors (Lipinski definition) is 1. The Hall–Kier alpha value is -3.02. The first-order chi connectivity index (χ1) is 14.2. The molecule has 0 saturated carbocycles. The molecule has 6 heteroatoms. The lowest BCUT2D eigenvalue weighted by Crippen LogP contribution is -2.14. The molecule has 3 aromatic carbocycles. The van der Waals surface area contributed by atoms with Crippen LogP contribution in [0.5, 0.6) is 0 Å². The van der Waals surface area contributed by atoms with Gasteiger partial charge in [-0.05, 0) is 35.4 Å². The molecule has 0 aliphatic carbocycles. The molecule has 4 aromatic rings. The van der Waals surface area contributed by atoms with Gasteiger partial charge < -0.3 is 5.32 Å². The predicted molar refractivity (Wildman–Crippen MR) is 113 cm³/mol. The van der Waals surface area contributed by atoms with Gasteiger partial charge in [0.25, 0.3) is 0 Å². The molecule has 0 spiro atoms. The molecule has 1 heterocycles. The highest BCUT2D eigenvalue weighted by Gasteiger charge is 2.13. The largest absolute Gasteiger partial charge is 0.307 e. The van der Waals surface area contributed by atoms with Crippen molar-refractivity contribution in [2.45, 2.75) is 19.6 Å². The minimum Gasteiger partial charge on any atom is -0.307 e. The molecule has 4 rings (SSSR count). The summed E-state index contributed by atoms with van der Waals surface area (Å²) in [6.07, 6.45) is 0. The zero-order chi connectivity index (χ0) is 20.1. The van der Waals surface area contributed by atoms with Crippen LogP contribution in [0, 0.1) is 5.82 Å². The number of nitrogens with one attached hydrogen (secondary N) is 1. The number of hydrogen-bond acceptors (Lipinski definition) is 3. The Morgan fingerprint density at radius 3 is 2.21 bits per heavy atom. The smallest absolute Gasteiger partial charge is 0.123 e. The van der Waals surface area contributed by atoms with Crippen LogP contribution < -0.4 is 5.32 Å². The molecular formula is C23H20ClFN4. The van der Waals surface area contributed by atoms with E-state index in [1.165, 1.54) is 12.1 Å². The Kier molecular flexibility index (Phi) is 5.98. The van der Waals surface area contributed by atoms with Crippen LogP contribution in [0.25, 0.3) is 11.3 Å². The zero-order valence-corrected chi connectivity index (χ0v) is 16.5. The second-order valence-corrected chi connectivity index (χ2v) is 7.18. The number of nitrogens with zero attached hydrogens (tertiary/aromatic N) is 3. The van der Waals surface area contributed by atoms with Crippen molar-refractivity contribution < 1.29 is 4.39 Å². The summed E-state index contributed by atoms with van der Waals surface area (Å²) in [7, 11) is 0. The van der Waals surface area contributed by atoms with Crippen molar-refractivity contribution in [1.29, 1.82) is 0 Å². The Morgan fingerprint density at radius 1 is 0.793 bits per heavy atom. The quantitative estimate of drug-likeness (QED) is 0.465. The maximum Gasteiger partial charge on any atom is 0.123 e. The van der Waals surface area contributed by atoms with Crippen LogP contribution in [-0.2, 0) is 19.6 Å². The lowest BCUT2D eigenvalue weighted by atomic mass is 10.1. The molecule has 146 valence electrons. The van der Waals surface area contributed by atoms with E-state index in [2.05, 4.69) is 5.32 Å². The topological polar surface area (TPSA) is 42.7 Å². The van der Waals surface area contributed by atoms with Crippen molar-refractivity contribution in [1.82, 2.24) is 20.3 Å². The lowest BCUT2D eigenvalue weighted by Gasteiger charge is -2.04. The standard InChI is InChI=1S/C23H20ClFN4/c24-20-10-6-18(7-11-20)16-29-27-22(23(28-29)19-4-2-1-3-5-19)15-26-14-17-8-12-21(25)13-9-17/h1-13,26H,14-16H2. The highest BCUT2D eigenvalue weighted by molar-refractivity contribution is 6.30. The number of aromatic nitrogens is 3. The monoisotopic (exact) mass is 406 g/mol. The van der Waals surface area contributed by atoms with Crippen LogP contribution in [0.15, 0.2) is 78.9 Å². The fourth-order valence-electron chi connectivity index (χ4n) is 3.07. The van der Waals surface area contributed by atoms with Gasteiger partial charge in [-0.1, -0.05) is 66.2 Å². The maximum absolute atomic E-state index is 13.1. The minimum absolute atomic E-state index is 0.231. The number of halogens is 2. The van der Waals surface area contributed by atoms with Gasteiger partial charge in [0.2, 0.25) is 0 Å². The first-order valence-corrected chi connectivity index (χ1v) is 9.74. The highest BCUT2D eigenvalue weighted by Crippen LogP contribution is 2.20. The van der Waals surface area contributed by atoms with E-state index in [4.69, 9.17) is 21.8 Å². The molecule has 0 aliphatic rings. The van der Waals surface area contributed by atoms with Gasteiger partial charge in [-0.3, -0.25) is 0 Å². The van der Waals surface area contributed by atoms with Crippen molar-refractivity contribution in [3.63, 3.8) is 0 Å². The van der Waals surface area contributed by atoms with Gasteiger partial charge in [0.1, 0.15) is 17.2 Å². The maximum atomic E-state index is 13.1. The zero-order valence-electron chi connectivity index (χ0n) is 15.7. The number of rotatable bonds is 7. The molecule has 0 radical (unpaired) electrons. The molecule has 0 unspecified atom stereocenters. The van der Waals surface area contributed by atoms with Crippen LogP contribution in [0.2, 0.25) is 5.02 Å². The summed E-state index contributed by atoms with van der Waals surface area (Å²) in [5.41, 5.74) is 4.84. The molecule has 4 nitrogen and oxygen atoms in total.